The van der Waals surface area contributed by atoms with E-state index < -0.39 is 18.0 Å². The Bertz CT molecular complexity index is 601. The quantitative estimate of drug-likeness (QED) is 0.644. The Morgan fingerprint density at radius 2 is 2.05 bits per heavy atom. The van der Waals surface area contributed by atoms with Crippen LogP contribution in [0.2, 0.25) is 0 Å². The third-order valence-electron chi connectivity index (χ3n) is 3.21. The van der Waals surface area contributed by atoms with E-state index in [9.17, 15) is 14.0 Å². The summed E-state index contributed by atoms with van der Waals surface area (Å²) < 4.78 is 18.3. The molecule has 118 valence electrons. The Balaban J connectivity index is 2.28. The second-order valence-corrected chi connectivity index (χ2v) is 5.74. The van der Waals surface area contributed by atoms with Gasteiger partial charge in [-0.2, -0.15) is 11.8 Å². The molecule has 0 radical (unpaired) electrons. The lowest BCUT2D eigenvalue weighted by atomic mass is 9.95. The Hall–Kier alpha value is -2.02. The molecule has 0 aliphatic carbocycles. The maximum Gasteiger partial charge on any atom is 0.338 e. The van der Waals surface area contributed by atoms with Crippen molar-refractivity contribution in [3.8, 4) is 0 Å². The van der Waals surface area contributed by atoms with Crippen molar-refractivity contribution >= 4 is 23.8 Å². The van der Waals surface area contributed by atoms with Crippen molar-refractivity contribution in [2.24, 2.45) is 0 Å². The summed E-state index contributed by atoms with van der Waals surface area (Å²) in [4.78, 5) is 24.0. The van der Waals surface area contributed by atoms with Crippen LogP contribution in [0.1, 0.15) is 18.5 Å². The fourth-order valence-corrected chi connectivity index (χ4v) is 2.42. The lowest BCUT2D eigenvalue weighted by Crippen LogP contribution is -2.45. The maximum atomic E-state index is 13.1. The zero-order valence-electron chi connectivity index (χ0n) is 12.3. The fraction of sp³-hybridized carbons (Fsp3) is 0.333. The van der Waals surface area contributed by atoms with Crippen LogP contribution >= 0.6 is 11.8 Å². The first-order valence-corrected chi connectivity index (χ1v) is 8.12. The van der Waals surface area contributed by atoms with Gasteiger partial charge in [-0.25, -0.2) is 14.0 Å². The largest absolute Gasteiger partial charge is 0.461 e. The van der Waals surface area contributed by atoms with Gasteiger partial charge in [-0.3, -0.25) is 0 Å². The number of nitrogens with one attached hydrogen (secondary N) is 2. The molecule has 0 spiro atoms. The SMILES string of the molecule is CSCCOC(=O)C1=C(C)NC(=O)N[C@@H]1c1ccc(F)cc1. The number of hydrogen-bond donors (Lipinski definition) is 2. The standard InChI is InChI=1S/C15H17FN2O3S/c1-9-12(14(19)21-7-8-22-2)13(18-15(20)17-9)10-3-5-11(16)6-4-10/h3-6,13H,7-8H2,1-2H3,(H2,17,18,20)/t13-/m1/s1. The van der Waals surface area contributed by atoms with E-state index in [1.807, 2.05) is 6.26 Å². The summed E-state index contributed by atoms with van der Waals surface area (Å²) in [6.45, 7) is 1.93. The molecule has 1 aliphatic heterocycles. The van der Waals surface area contributed by atoms with Crippen molar-refractivity contribution in [2.75, 3.05) is 18.6 Å². The molecular formula is C15H17FN2O3S. The molecule has 0 unspecified atom stereocenters. The van der Waals surface area contributed by atoms with E-state index in [4.69, 9.17) is 4.74 Å². The third-order valence-corrected chi connectivity index (χ3v) is 3.79. The zero-order chi connectivity index (χ0) is 16.1. The predicted molar refractivity (Wildman–Crippen MR) is 82.8 cm³/mol. The van der Waals surface area contributed by atoms with E-state index in [1.165, 1.54) is 24.3 Å². The van der Waals surface area contributed by atoms with Crippen LogP contribution in [0.4, 0.5) is 9.18 Å². The van der Waals surface area contributed by atoms with Gasteiger partial charge in [0, 0.05) is 11.4 Å². The number of rotatable bonds is 5. The minimum absolute atomic E-state index is 0.293. The highest BCUT2D eigenvalue weighted by Crippen LogP contribution is 2.27. The molecule has 2 rings (SSSR count). The topological polar surface area (TPSA) is 67.4 Å². The molecule has 2 amide bonds. The van der Waals surface area contributed by atoms with Gasteiger partial charge in [0.15, 0.2) is 0 Å². The average Bonchev–Trinajstić information content (AvgIpc) is 2.47. The zero-order valence-corrected chi connectivity index (χ0v) is 13.1. The Morgan fingerprint density at radius 1 is 1.36 bits per heavy atom. The second-order valence-electron chi connectivity index (χ2n) is 4.75. The van der Waals surface area contributed by atoms with Gasteiger partial charge < -0.3 is 15.4 Å². The molecule has 1 aliphatic rings. The molecule has 0 saturated heterocycles. The van der Waals surface area contributed by atoms with Gasteiger partial charge in [0.25, 0.3) is 0 Å². The van der Waals surface area contributed by atoms with Crippen molar-refractivity contribution in [3.05, 3.63) is 46.9 Å². The Kier molecular flexibility index (Phi) is 5.43. The molecule has 1 aromatic rings. The number of thioether (sulfide) groups is 1. The van der Waals surface area contributed by atoms with Gasteiger partial charge in [0.2, 0.25) is 0 Å². The van der Waals surface area contributed by atoms with Crippen molar-refractivity contribution in [1.29, 1.82) is 0 Å². The fourth-order valence-electron chi connectivity index (χ4n) is 2.17. The molecule has 2 N–H and O–H groups in total. The molecule has 1 heterocycles. The summed E-state index contributed by atoms with van der Waals surface area (Å²) in [5.41, 5.74) is 1.38. The first-order valence-electron chi connectivity index (χ1n) is 6.72. The minimum Gasteiger partial charge on any atom is -0.461 e. The molecule has 0 fully saturated rings. The van der Waals surface area contributed by atoms with Crippen LogP contribution in [0.5, 0.6) is 0 Å². The number of allylic oxidation sites excluding steroid dienone is 1. The summed E-state index contributed by atoms with van der Waals surface area (Å²) in [5.74, 6) is -0.179. The summed E-state index contributed by atoms with van der Waals surface area (Å²) in [7, 11) is 0. The van der Waals surface area contributed by atoms with Gasteiger partial charge in [0.1, 0.15) is 12.4 Å². The van der Waals surface area contributed by atoms with E-state index in [0.29, 0.717) is 29.2 Å². The van der Waals surface area contributed by atoms with E-state index in [2.05, 4.69) is 10.6 Å². The van der Waals surface area contributed by atoms with Crippen molar-refractivity contribution in [3.63, 3.8) is 0 Å². The second kappa shape index (κ2) is 7.31. The van der Waals surface area contributed by atoms with E-state index in [-0.39, 0.29) is 5.82 Å². The monoisotopic (exact) mass is 324 g/mol. The molecule has 5 nitrogen and oxygen atoms in total. The highest BCUT2D eigenvalue weighted by Gasteiger charge is 2.32. The number of amides is 2. The number of carbonyl (C=O) groups excluding carboxylic acids is 2. The third kappa shape index (κ3) is 3.79. The first kappa shape index (κ1) is 16.4. The summed E-state index contributed by atoms with van der Waals surface area (Å²) >= 11 is 1.57. The molecular weight excluding hydrogens is 307 g/mol. The van der Waals surface area contributed by atoms with Crippen LogP contribution in [-0.4, -0.2) is 30.6 Å². The van der Waals surface area contributed by atoms with E-state index in [0.717, 1.165) is 0 Å². The lowest BCUT2D eigenvalue weighted by molar-refractivity contribution is -0.138. The molecule has 1 atom stereocenters. The number of carbonyl (C=O) groups is 2. The van der Waals surface area contributed by atoms with Gasteiger partial charge >= 0.3 is 12.0 Å². The molecule has 0 saturated carbocycles. The van der Waals surface area contributed by atoms with Gasteiger partial charge in [-0.05, 0) is 30.9 Å². The smallest absolute Gasteiger partial charge is 0.338 e. The van der Waals surface area contributed by atoms with Crippen molar-refractivity contribution in [2.45, 2.75) is 13.0 Å². The minimum atomic E-state index is -0.656. The highest BCUT2D eigenvalue weighted by molar-refractivity contribution is 7.98. The van der Waals surface area contributed by atoms with Crippen molar-refractivity contribution < 1.29 is 18.7 Å². The van der Waals surface area contributed by atoms with Crippen molar-refractivity contribution in [1.82, 2.24) is 10.6 Å². The summed E-state index contributed by atoms with van der Waals surface area (Å²) in [5, 5.41) is 5.23. The number of benzene rings is 1. The Labute approximate surface area is 132 Å². The van der Waals surface area contributed by atoms with E-state index in [1.54, 1.807) is 18.7 Å². The molecule has 0 aromatic heterocycles. The molecule has 0 bridgehead atoms. The number of esters is 1. The van der Waals surface area contributed by atoms with Crippen LogP contribution in [0.3, 0.4) is 0 Å². The van der Waals surface area contributed by atoms with Gasteiger partial charge in [-0.1, -0.05) is 12.1 Å². The van der Waals surface area contributed by atoms with E-state index >= 15 is 0 Å². The number of hydrogen-bond acceptors (Lipinski definition) is 4. The van der Waals surface area contributed by atoms with Crippen LogP contribution in [-0.2, 0) is 9.53 Å². The number of halogens is 1. The van der Waals surface area contributed by atoms with Gasteiger partial charge in [-0.15, -0.1) is 0 Å². The molecule has 1 aromatic carbocycles. The number of urea groups is 1. The summed E-state index contributed by atoms with van der Waals surface area (Å²) in [6, 6.07) is 4.58. The lowest BCUT2D eigenvalue weighted by Gasteiger charge is -2.28. The average molecular weight is 324 g/mol. The van der Waals surface area contributed by atoms with Crippen LogP contribution in [0.15, 0.2) is 35.5 Å². The predicted octanol–water partition coefficient (Wildman–Crippen LogP) is 2.36. The molecule has 7 heteroatoms. The van der Waals surface area contributed by atoms with Crippen LogP contribution in [0, 0.1) is 5.82 Å². The van der Waals surface area contributed by atoms with Crippen LogP contribution < -0.4 is 10.6 Å². The van der Waals surface area contributed by atoms with Gasteiger partial charge in [0.05, 0.1) is 11.6 Å². The molecule has 22 heavy (non-hydrogen) atoms. The normalized spacial score (nSPS) is 17.8. The summed E-state index contributed by atoms with van der Waals surface area (Å²) in [6.07, 6.45) is 1.92. The number of ether oxygens (including phenoxy) is 1. The maximum absolute atomic E-state index is 13.1. The van der Waals surface area contributed by atoms with Crippen LogP contribution in [0.25, 0.3) is 0 Å². The highest BCUT2D eigenvalue weighted by atomic mass is 32.2. The first-order chi connectivity index (χ1) is 10.5. The Morgan fingerprint density at radius 3 is 2.68 bits per heavy atom.